The smallest absolute Gasteiger partial charge is 0.410 e. The van der Waals surface area contributed by atoms with Gasteiger partial charge >= 0.3 is 6.09 Å². The number of carbonyl (C=O) groups is 2. The van der Waals surface area contributed by atoms with Gasteiger partial charge in [0, 0.05) is 43.2 Å². The molecule has 2 aliphatic rings. The minimum absolute atomic E-state index is 0.0803. The van der Waals surface area contributed by atoms with Crippen LogP contribution in [0.5, 0.6) is 0 Å². The van der Waals surface area contributed by atoms with Crippen LogP contribution >= 0.6 is 0 Å². The van der Waals surface area contributed by atoms with Crippen LogP contribution in [0.15, 0.2) is 73.1 Å². The van der Waals surface area contributed by atoms with Crippen LogP contribution < -0.4 is 5.32 Å². The normalized spacial score (nSPS) is 19.7. The molecule has 1 spiro atoms. The van der Waals surface area contributed by atoms with Crippen molar-refractivity contribution >= 4 is 23.6 Å². The second-order valence-electron chi connectivity index (χ2n) is 8.46. The molecule has 2 aromatic carbocycles. The van der Waals surface area contributed by atoms with Gasteiger partial charge in [0.15, 0.2) is 5.60 Å². The Balaban J connectivity index is 1.21. The highest BCUT2D eigenvalue weighted by Gasteiger charge is 2.50. The van der Waals surface area contributed by atoms with E-state index in [1.54, 1.807) is 40.4 Å². The molecule has 1 N–H and O–H groups in total. The van der Waals surface area contributed by atoms with Gasteiger partial charge in [-0.15, -0.1) is 0 Å². The van der Waals surface area contributed by atoms with E-state index in [-0.39, 0.29) is 12.0 Å². The van der Waals surface area contributed by atoms with Crippen LogP contribution in [0, 0.1) is 0 Å². The summed E-state index contributed by atoms with van der Waals surface area (Å²) in [4.78, 5) is 37.5. The van der Waals surface area contributed by atoms with Crippen molar-refractivity contribution in [2.75, 3.05) is 31.5 Å². The van der Waals surface area contributed by atoms with Crippen molar-refractivity contribution < 1.29 is 14.3 Å². The number of nitrogens with one attached hydrogen (secondary N) is 1. The molecule has 8 nitrogen and oxygen atoms in total. The Morgan fingerprint density at radius 1 is 1.03 bits per heavy atom. The van der Waals surface area contributed by atoms with E-state index >= 15 is 0 Å². The van der Waals surface area contributed by atoms with Crippen LogP contribution in [0.4, 0.5) is 16.4 Å². The Bertz CT molecular complexity index is 1140. The molecule has 5 rings (SSSR count). The molecule has 3 heterocycles. The number of hydrogen-bond donors (Lipinski definition) is 1. The summed E-state index contributed by atoms with van der Waals surface area (Å²) in [5, 5.41) is 3.11. The van der Waals surface area contributed by atoms with Gasteiger partial charge in [0.2, 0.25) is 5.95 Å². The van der Waals surface area contributed by atoms with Crippen LogP contribution in [0.1, 0.15) is 22.3 Å². The summed E-state index contributed by atoms with van der Waals surface area (Å²) < 4.78 is 5.79. The first-order valence-corrected chi connectivity index (χ1v) is 11.1. The highest BCUT2D eigenvalue weighted by atomic mass is 16.6. The lowest BCUT2D eigenvalue weighted by Crippen LogP contribution is -2.39. The standard InChI is InChI=1S/C25H25N5O3/c31-22(20-8-4-9-21(16-20)28-23-26-12-5-13-27-23)29-15-11-25(17-29)18-30(24(32)33-25)14-10-19-6-2-1-3-7-19/h1-9,12-13,16H,10-11,14-15,17-18H2,(H,26,27,28)/t25-/m0/s1. The molecule has 2 fully saturated rings. The van der Waals surface area contributed by atoms with E-state index in [1.807, 2.05) is 30.3 Å². The van der Waals surface area contributed by atoms with Crippen molar-refractivity contribution in [3.63, 3.8) is 0 Å². The van der Waals surface area contributed by atoms with Gasteiger partial charge in [-0.3, -0.25) is 4.79 Å². The summed E-state index contributed by atoms with van der Waals surface area (Å²) in [6.07, 6.45) is 4.43. The predicted molar refractivity (Wildman–Crippen MR) is 123 cm³/mol. The molecule has 3 aromatic rings. The van der Waals surface area contributed by atoms with Crippen LogP contribution in [0.25, 0.3) is 0 Å². The number of rotatable bonds is 6. The first kappa shape index (κ1) is 20.9. The molecule has 1 atom stereocenters. The van der Waals surface area contributed by atoms with Crippen LogP contribution in [-0.4, -0.2) is 63.5 Å². The minimum atomic E-state index is -0.628. The zero-order valence-electron chi connectivity index (χ0n) is 18.2. The number of benzene rings is 2. The Labute approximate surface area is 192 Å². The highest BCUT2D eigenvalue weighted by Crippen LogP contribution is 2.33. The molecule has 2 aliphatic heterocycles. The number of likely N-dealkylation sites (tertiary alicyclic amines) is 1. The van der Waals surface area contributed by atoms with E-state index in [1.165, 1.54) is 5.56 Å². The summed E-state index contributed by atoms with van der Waals surface area (Å²) in [5.41, 5.74) is 1.86. The zero-order chi connectivity index (χ0) is 22.7. The minimum Gasteiger partial charge on any atom is -0.439 e. The molecule has 168 valence electrons. The Morgan fingerprint density at radius 2 is 1.85 bits per heavy atom. The number of ether oxygens (including phenoxy) is 1. The maximum Gasteiger partial charge on any atom is 0.410 e. The van der Waals surface area contributed by atoms with Gasteiger partial charge in [0.25, 0.3) is 5.91 Å². The fraction of sp³-hybridized carbons (Fsp3) is 0.280. The summed E-state index contributed by atoms with van der Waals surface area (Å²) in [6.45, 7) is 2.07. The second kappa shape index (κ2) is 8.90. The molecule has 0 unspecified atom stereocenters. The largest absolute Gasteiger partial charge is 0.439 e. The van der Waals surface area contributed by atoms with Gasteiger partial charge in [0.1, 0.15) is 0 Å². The molecule has 2 amide bonds. The lowest BCUT2D eigenvalue weighted by Gasteiger charge is -2.22. The van der Waals surface area contributed by atoms with Crippen molar-refractivity contribution in [3.8, 4) is 0 Å². The first-order valence-electron chi connectivity index (χ1n) is 11.1. The van der Waals surface area contributed by atoms with Crippen molar-refractivity contribution in [3.05, 3.63) is 84.2 Å². The maximum atomic E-state index is 13.2. The van der Waals surface area contributed by atoms with Gasteiger partial charge in [-0.25, -0.2) is 14.8 Å². The number of anilines is 2. The van der Waals surface area contributed by atoms with Gasteiger partial charge in [0.05, 0.1) is 13.1 Å². The maximum absolute atomic E-state index is 13.2. The molecular weight excluding hydrogens is 418 g/mol. The van der Waals surface area contributed by atoms with Crippen molar-refractivity contribution in [1.29, 1.82) is 0 Å². The highest BCUT2D eigenvalue weighted by molar-refractivity contribution is 5.95. The summed E-state index contributed by atoms with van der Waals surface area (Å²) in [6, 6.07) is 19.1. The second-order valence-corrected chi connectivity index (χ2v) is 8.46. The van der Waals surface area contributed by atoms with E-state index < -0.39 is 5.60 Å². The first-order chi connectivity index (χ1) is 16.1. The van der Waals surface area contributed by atoms with E-state index in [9.17, 15) is 9.59 Å². The Morgan fingerprint density at radius 3 is 2.67 bits per heavy atom. The van der Waals surface area contributed by atoms with E-state index in [0.717, 1.165) is 12.1 Å². The van der Waals surface area contributed by atoms with Crippen LogP contribution in [0.2, 0.25) is 0 Å². The van der Waals surface area contributed by atoms with E-state index in [0.29, 0.717) is 44.1 Å². The average molecular weight is 444 g/mol. The molecule has 0 radical (unpaired) electrons. The van der Waals surface area contributed by atoms with Crippen molar-refractivity contribution in [1.82, 2.24) is 19.8 Å². The fourth-order valence-electron chi connectivity index (χ4n) is 4.41. The molecule has 0 saturated carbocycles. The van der Waals surface area contributed by atoms with Gasteiger partial charge in [-0.2, -0.15) is 0 Å². The van der Waals surface area contributed by atoms with Gasteiger partial charge < -0.3 is 19.9 Å². The molecule has 2 saturated heterocycles. The third-order valence-corrected chi connectivity index (χ3v) is 6.09. The number of amides is 2. The van der Waals surface area contributed by atoms with Crippen LogP contribution in [0.3, 0.4) is 0 Å². The van der Waals surface area contributed by atoms with Crippen molar-refractivity contribution in [2.24, 2.45) is 0 Å². The SMILES string of the molecule is O=C1O[C@]2(CCN(C(=O)c3cccc(Nc4ncccn4)c3)C2)CN1CCc1ccccc1. The van der Waals surface area contributed by atoms with Gasteiger partial charge in [-0.1, -0.05) is 36.4 Å². The zero-order valence-corrected chi connectivity index (χ0v) is 18.2. The van der Waals surface area contributed by atoms with Crippen molar-refractivity contribution in [2.45, 2.75) is 18.4 Å². The van der Waals surface area contributed by atoms with Gasteiger partial charge in [-0.05, 0) is 36.2 Å². The van der Waals surface area contributed by atoms with E-state index in [4.69, 9.17) is 4.74 Å². The molecule has 8 heteroatoms. The molecule has 0 bridgehead atoms. The lowest BCUT2D eigenvalue weighted by molar-refractivity contribution is 0.0553. The summed E-state index contributed by atoms with van der Waals surface area (Å²) in [5.74, 6) is 0.388. The molecule has 0 aliphatic carbocycles. The fourth-order valence-corrected chi connectivity index (χ4v) is 4.41. The molecular formula is C25H25N5O3. The Hall–Kier alpha value is -3.94. The lowest BCUT2D eigenvalue weighted by atomic mass is 10.0. The third kappa shape index (κ3) is 4.64. The van der Waals surface area contributed by atoms with E-state index in [2.05, 4.69) is 27.4 Å². The monoisotopic (exact) mass is 443 g/mol. The molecule has 1 aromatic heterocycles. The topological polar surface area (TPSA) is 87.7 Å². The average Bonchev–Trinajstić information content (AvgIpc) is 3.40. The number of hydrogen-bond acceptors (Lipinski definition) is 6. The molecule has 33 heavy (non-hydrogen) atoms. The predicted octanol–water partition coefficient (Wildman–Crippen LogP) is 3.50. The Kier molecular flexibility index (Phi) is 5.64. The third-order valence-electron chi connectivity index (χ3n) is 6.09. The number of aromatic nitrogens is 2. The number of carbonyl (C=O) groups excluding carboxylic acids is 2. The summed E-state index contributed by atoms with van der Waals surface area (Å²) in [7, 11) is 0. The number of nitrogens with zero attached hydrogens (tertiary/aromatic N) is 4. The van der Waals surface area contributed by atoms with Crippen LogP contribution in [-0.2, 0) is 11.2 Å². The summed E-state index contributed by atoms with van der Waals surface area (Å²) >= 11 is 0. The quantitative estimate of drug-likeness (QED) is 0.627.